The molecule has 0 heterocycles. The molecule has 24 heavy (non-hydrogen) atoms. The lowest BCUT2D eigenvalue weighted by Gasteiger charge is -2.12. The van der Waals surface area contributed by atoms with Crippen LogP contribution in [0, 0.1) is 24.0 Å². The second-order valence-corrected chi connectivity index (χ2v) is 5.61. The molecule has 124 valence electrons. The van der Waals surface area contributed by atoms with Gasteiger partial charge < -0.3 is 5.41 Å². The summed E-state index contributed by atoms with van der Waals surface area (Å²) in [5.74, 6) is -1.10. The number of hydrogen-bond donors (Lipinski definition) is 1. The normalized spacial score (nSPS) is 11.5. The third kappa shape index (κ3) is 3.48. The second-order valence-electron chi connectivity index (χ2n) is 5.61. The Bertz CT molecular complexity index is 813. The van der Waals surface area contributed by atoms with E-state index >= 15 is 0 Å². The number of aliphatic imine (C=N–C) groups is 1. The van der Waals surface area contributed by atoms with E-state index in [1.54, 1.807) is 19.9 Å². The van der Waals surface area contributed by atoms with E-state index in [1.165, 1.54) is 12.1 Å². The highest BCUT2D eigenvalue weighted by molar-refractivity contribution is 6.14. The minimum Gasteiger partial charge on any atom is -0.308 e. The zero-order chi connectivity index (χ0) is 17.9. The monoisotopic (exact) mass is 326 g/mol. The third-order valence-corrected chi connectivity index (χ3v) is 3.96. The first-order valence-electron chi connectivity index (χ1n) is 7.72. The number of nitrogens with zero attached hydrogens (tertiary/aromatic N) is 1. The summed E-state index contributed by atoms with van der Waals surface area (Å²) in [6.45, 7) is 9.12. The molecule has 0 saturated heterocycles. The van der Waals surface area contributed by atoms with Crippen LogP contribution >= 0.6 is 0 Å². The average Bonchev–Trinajstić information content (AvgIpc) is 2.55. The van der Waals surface area contributed by atoms with Gasteiger partial charge in [0, 0.05) is 28.6 Å². The first-order valence-corrected chi connectivity index (χ1v) is 7.72. The van der Waals surface area contributed by atoms with E-state index in [2.05, 4.69) is 11.6 Å². The molecular weight excluding hydrogens is 306 g/mol. The van der Waals surface area contributed by atoms with Gasteiger partial charge in [-0.1, -0.05) is 31.7 Å². The third-order valence-electron chi connectivity index (χ3n) is 3.96. The highest BCUT2D eigenvalue weighted by Gasteiger charge is 2.14. The van der Waals surface area contributed by atoms with Crippen molar-refractivity contribution in [2.75, 3.05) is 0 Å². The van der Waals surface area contributed by atoms with Gasteiger partial charge in [0.2, 0.25) is 0 Å². The Morgan fingerprint density at radius 3 is 2.42 bits per heavy atom. The van der Waals surface area contributed by atoms with Gasteiger partial charge in [0.25, 0.3) is 0 Å². The van der Waals surface area contributed by atoms with Crippen LogP contribution in [-0.2, 0) is 6.42 Å². The van der Waals surface area contributed by atoms with Crippen LogP contribution in [0.5, 0.6) is 0 Å². The molecule has 0 saturated carbocycles. The summed E-state index contributed by atoms with van der Waals surface area (Å²) in [6, 6.07) is 8.18. The Morgan fingerprint density at radius 1 is 1.25 bits per heavy atom. The minimum atomic E-state index is -0.551. The molecule has 0 spiro atoms. The molecule has 0 atom stereocenters. The van der Waals surface area contributed by atoms with Crippen molar-refractivity contribution in [1.29, 1.82) is 5.41 Å². The maximum absolute atomic E-state index is 14.2. The number of hydrogen-bond acceptors (Lipinski definition) is 2. The second kappa shape index (κ2) is 7.30. The summed E-state index contributed by atoms with van der Waals surface area (Å²) in [7, 11) is 0. The van der Waals surface area contributed by atoms with Crippen molar-refractivity contribution in [2.45, 2.75) is 27.2 Å². The quantitative estimate of drug-likeness (QED) is 0.674. The molecule has 2 aromatic rings. The van der Waals surface area contributed by atoms with Crippen LogP contribution in [0.15, 0.2) is 47.5 Å². The van der Waals surface area contributed by atoms with Crippen molar-refractivity contribution in [1.82, 2.24) is 0 Å². The average molecular weight is 326 g/mol. The Morgan fingerprint density at radius 2 is 1.88 bits per heavy atom. The van der Waals surface area contributed by atoms with E-state index in [0.717, 1.165) is 11.8 Å². The van der Waals surface area contributed by atoms with E-state index in [0.29, 0.717) is 34.5 Å². The largest absolute Gasteiger partial charge is 0.308 e. The number of halogens is 2. The van der Waals surface area contributed by atoms with E-state index < -0.39 is 11.6 Å². The van der Waals surface area contributed by atoms with Crippen LogP contribution in [0.3, 0.4) is 0 Å². The van der Waals surface area contributed by atoms with E-state index in [9.17, 15) is 8.78 Å². The van der Waals surface area contributed by atoms with Gasteiger partial charge in [0.15, 0.2) is 0 Å². The maximum atomic E-state index is 14.2. The van der Waals surface area contributed by atoms with Crippen LogP contribution in [0.2, 0.25) is 0 Å². The van der Waals surface area contributed by atoms with Crippen molar-refractivity contribution in [3.05, 3.63) is 65.2 Å². The van der Waals surface area contributed by atoms with Gasteiger partial charge in [-0.2, -0.15) is 0 Å². The number of benzene rings is 2. The smallest absolute Gasteiger partial charge is 0.129 e. The van der Waals surface area contributed by atoms with Crippen LogP contribution in [0.25, 0.3) is 11.1 Å². The highest BCUT2D eigenvalue weighted by atomic mass is 19.1. The number of rotatable bonds is 5. The number of allylic oxidation sites excluding steroid dienone is 1. The van der Waals surface area contributed by atoms with Gasteiger partial charge in [-0.3, -0.25) is 4.99 Å². The lowest BCUT2D eigenvalue weighted by molar-refractivity contribution is 0.560. The molecule has 2 rings (SSSR count). The number of nitrogens with one attached hydrogen (secondary N) is 1. The van der Waals surface area contributed by atoms with Crippen LogP contribution in [0.4, 0.5) is 14.5 Å². The van der Waals surface area contributed by atoms with E-state index in [-0.39, 0.29) is 5.56 Å². The van der Waals surface area contributed by atoms with Crippen molar-refractivity contribution < 1.29 is 8.78 Å². The van der Waals surface area contributed by atoms with Gasteiger partial charge in [-0.05, 0) is 43.5 Å². The summed E-state index contributed by atoms with van der Waals surface area (Å²) in [5.41, 5.74) is 3.76. The Hall–Kier alpha value is -2.62. The maximum Gasteiger partial charge on any atom is 0.129 e. The van der Waals surface area contributed by atoms with Crippen LogP contribution < -0.4 is 0 Å². The van der Waals surface area contributed by atoms with Crippen LogP contribution in [-0.4, -0.2) is 11.9 Å². The molecule has 0 aliphatic rings. The molecule has 1 N–H and O–H groups in total. The van der Waals surface area contributed by atoms with Gasteiger partial charge in [-0.15, -0.1) is 0 Å². The zero-order valence-electron chi connectivity index (χ0n) is 14.1. The Labute approximate surface area is 141 Å². The molecule has 0 radical (unpaired) electrons. The first-order chi connectivity index (χ1) is 11.4. The summed E-state index contributed by atoms with van der Waals surface area (Å²) < 4.78 is 28.3. The summed E-state index contributed by atoms with van der Waals surface area (Å²) >= 11 is 0. The Kier molecular flexibility index (Phi) is 5.39. The molecule has 0 aromatic heterocycles. The SMILES string of the molecule is C=C(C=N)/C(C)=N/c1c(C)cccc1-c1cc(F)c(CC)c(F)c1. The van der Waals surface area contributed by atoms with Crippen molar-refractivity contribution in [3.63, 3.8) is 0 Å². The molecule has 2 aromatic carbocycles. The van der Waals surface area contributed by atoms with Gasteiger partial charge >= 0.3 is 0 Å². The molecule has 2 nitrogen and oxygen atoms in total. The number of aryl methyl sites for hydroxylation is 1. The highest BCUT2D eigenvalue weighted by Crippen LogP contribution is 2.35. The predicted octanol–water partition coefficient (Wildman–Crippen LogP) is 5.80. The van der Waals surface area contributed by atoms with Gasteiger partial charge in [0.1, 0.15) is 11.6 Å². The fourth-order valence-corrected chi connectivity index (χ4v) is 2.48. The van der Waals surface area contributed by atoms with Crippen molar-refractivity contribution >= 4 is 17.6 Å². The van der Waals surface area contributed by atoms with Gasteiger partial charge in [-0.25, -0.2) is 8.78 Å². The minimum absolute atomic E-state index is 0.0878. The predicted molar refractivity (Wildman–Crippen MR) is 96.6 cm³/mol. The Balaban J connectivity index is 2.67. The molecule has 0 amide bonds. The lowest BCUT2D eigenvalue weighted by atomic mass is 9.98. The first kappa shape index (κ1) is 17.7. The van der Waals surface area contributed by atoms with Crippen molar-refractivity contribution in [2.24, 2.45) is 4.99 Å². The fraction of sp³-hybridized carbons (Fsp3) is 0.200. The standard InChI is InChI=1S/C20H20F2N2/c1-5-16-18(21)9-15(10-19(16)22)17-8-6-7-12(2)20(17)24-14(4)13(3)11-23/h6-11,23H,3,5H2,1-2,4H3/b23-11?,24-14+. The molecule has 0 unspecified atom stereocenters. The molecule has 4 heteroatoms. The van der Waals surface area contributed by atoms with E-state index in [1.807, 2.05) is 19.1 Å². The topological polar surface area (TPSA) is 36.2 Å². The lowest BCUT2D eigenvalue weighted by Crippen LogP contribution is -1.98. The summed E-state index contributed by atoms with van der Waals surface area (Å²) in [4.78, 5) is 4.53. The van der Waals surface area contributed by atoms with Crippen LogP contribution in [0.1, 0.15) is 25.0 Å². The molecule has 0 bridgehead atoms. The molecule has 0 fully saturated rings. The summed E-state index contributed by atoms with van der Waals surface area (Å²) in [6.07, 6.45) is 1.43. The molecule has 0 aliphatic carbocycles. The number of para-hydroxylation sites is 1. The summed E-state index contributed by atoms with van der Waals surface area (Å²) in [5, 5.41) is 7.27. The zero-order valence-corrected chi connectivity index (χ0v) is 14.1. The van der Waals surface area contributed by atoms with E-state index in [4.69, 9.17) is 5.41 Å². The van der Waals surface area contributed by atoms with Gasteiger partial charge in [0.05, 0.1) is 5.69 Å². The fourth-order valence-electron chi connectivity index (χ4n) is 2.48. The molecular formula is C20H20F2N2. The van der Waals surface area contributed by atoms with Crippen molar-refractivity contribution in [3.8, 4) is 11.1 Å². The molecule has 0 aliphatic heterocycles.